The first-order valence-corrected chi connectivity index (χ1v) is 7.74. The minimum atomic E-state index is -0.423. The highest BCUT2D eigenvalue weighted by Gasteiger charge is 2.08. The molecule has 0 bridgehead atoms. The first-order valence-electron chi connectivity index (χ1n) is 7.74. The van der Waals surface area contributed by atoms with Gasteiger partial charge < -0.3 is 10.6 Å². The minimum absolute atomic E-state index is 0.0202. The summed E-state index contributed by atoms with van der Waals surface area (Å²) in [5.74, 6) is 0.0372. The second-order valence-corrected chi connectivity index (χ2v) is 5.63. The molecule has 5 heteroatoms. The zero-order valence-corrected chi connectivity index (χ0v) is 13.8. The summed E-state index contributed by atoms with van der Waals surface area (Å²) < 4.78 is 0. The van der Waals surface area contributed by atoms with Crippen LogP contribution >= 0.6 is 0 Å². The fourth-order valence-electron chi connectivity index (χ4n) is 2.05. The second kappa shape index (κ2) is 8.49. The number of nitriles is 1. The Morgan fingerprint density at radius 1 is 1.29 bits per heavy atom. The summed E-state index contributed by atoms with van der Waals surface area (Å²) in [4.78, 5) is 16.0. The quantitative estimate of drug-likeness (QED) is 0.632. The molecular formula is C19H20N4O. The molecule has 24 heavy (non-hydrogen) atoms. The number of rotatable bonds is 6. The van der Waals surface area contributed by atoms with Gasteiger partial charge in [0.1, 0.15) is 11.6 Å². The number of carbonyl (C=O) groups excluding carboxylic acids is 1. The first-order chi connectivity index (χ1) is 11.6. The van der Waals surface area contributed by atoms with Crippen LogP contribution in [0, 0.1) is 11.3 Å². The average molecular weight is 320 g/mol. The molecule has 0 saturated carbocycles. The number of amides is 1. The molecule has 0 aliphatic carbocycles. The van der Waals surface area contributed by atoms with Crippen molar-refractivity contribution < 1.29 is 4.79 Å². The molecule has 1 amide bonds. The maximum Gasteiger partial charge on any atom is 0.263 e. The Labute approximate surface area is 142 Å². The van der Waals surface area contributed by atoms with Gasteiger partial charge in [-0.3, -0.25) is 9.78 Å². The molecule has 122 valence electrons. The van der Waals surface area contributed by atoms with Gasteiger partial charge in [-0.15, -0.1) is 0 Å². The molecule has 0 unspecified atom stereocenters. The maximum atomic E-state index is 12.0. The molecule has 0 aliphatic rings. The minimum Gasteiger partial charge on any atom is -0.360 e. The van der Waals surface area contributed by atoms with Gasteiger partial charge in [-0.05, 0) is 35.2 Å². The Hall–Kier alpha value is -3.13. The summed E-state index contributed by atoms with van der Waals surface area (Å²) in [6.07, 6.45) is 4.76. The van der Waals surface area contributed by atoms with Crippen molar-refractivity contribution in [3.63, 3.8) is 0 Å². The predicted octanol–water partition coefficient (Wildman–Crippen LogP) is 3.34. The lowest BCUT2D eigenvalue weighted by atomic mass is 10.0. The molecule has 0 saturated heterocycles. The van der Waals surface area contributed by atoms with E-state index in [1.807, 2.05) is 36.4 Å². The van der Waals surface area contributed by atoms with Crippen LogP contribution in [0.4, 0.5) is 5.69 Å². The van der Waals surface area contributed by atoms with E-state index in [2.05, 4.69) is 29.5 Å². The normalized spacial score (nSPS) is 11.0. The van der Waals surface area contributed by atoms with Crippen molar-refractivity contribution in [1.82, 2.24) is 10.3 Å². The number of anilines is 1. The van der Waals surface area contributed by atoms with Gasteiger partial charge in [-0.25, -0.2) is 0 Å². The van der Waals surface area contributed by atoms with Gasteiger partial charge in [-0.1, -0.05) is 32.0 Å². The summed E-state index contributed by atoms with van der Waals surface area (Å²) in [7, 11) is 0. The van der Waals surface area contributed by atoms with Gasteiger partial charge in [0.25, 0.3) is 5.91 Å². The van der Waals surface area contributed by atoms with E-state index in [4.69, 9.17) is 5.26 Å². The van der Waals surface area contributed by atoms with Crippen molar-refractivity contribution in [2.24, 2.45) is 0 Å². The highest BCUT2D eigenvalue weighted by Crippen LogP contribution is 2.17. The standard InChI is InChI=1S/C19H20N4O/c1-14(2)16-5-7-18(8-6-16)22-13-17(10-20)19(24)23-12-15-4-3-9-21-11-15/h3-9,11,13-14,22H,12H2,1-2H3,(H,23,24)/b17-13-. The first kappa shape index (κ1) is 17.2. The van der Waals surface area contributed by atoms with Crippen molar-refractivity contribution in [3.8, 4) is 6.07 Å². The van der Waals surface area contributed by atoms with Crippen molar-refractivity contribution in [2.45, 2.75) is 26.3 Å². The Balaban J connectivity index is 1.95. The summed E-state index contributed by atoms with van der Waals surface area (Å²) in [5.41, 5.74) is 2.96. The van der Waals surface area contributed by atoms with Gasteiger partial charge in [0.2, 0.25) is 0 Å². The number of hydrogen-bond acceptors (Lipinski definition) is 4. The van der Waals surface area contributed by atoms with Gasteiger partial charge >= 0.3 is 0 Å². The van der Waals surface area contributed by atoms with Crippen LogP contribution in [-0.4, -0.2) is 10.9 Å². The van der Waals surface area contributed by atoms with Crippen LogP contribution in [0.3, 0.4) is 0 Å². The topological polar surface area (TPSA) is 77.8 Å². The van der Waals surface area contributed by atoms with Gasteiger partial charge in [-0.2, -0.15) is 5.26 Å². The van der Waals surface area contributed by atoms with Crippen LogP contribution in [0.1, 0.15) is 30.9 Å². The van der Waals surface area contributed by atoms with Crippen LogP contribution in [0.15, 0.2) is 60.6 Å². The molecule has 2 rings (SSSR count). The number of benzene rings is 1. The smallest absolute Gasteiger partial charge is 0.263 e. The van der Waals surface area contributed by atoms with Crippen molar-refractivity contribution >= 4 is 11.6 Å². The fraction of sp³-hybridized carbons (Fsp3) is 0.211. The Bertz CT molecular complexity index is 743. The lowest BCUT2D eigenvalue weighted by molar-refractivity contribution is -0.117. The third kappa shape index (κ3) is 4.96. The number of pyridine rings is 1. The number of nitrogens with one attached hydrogen (secondary N) is 2. The van der Waals surface area contributed by atoms with Crippen LogP contribution in [0.25, 0.3) is 0 Å². The van der Waals surface area contributed by atoms with E-state index in [9.17, 15) is 4.79 Å². The van der Waals surface area contributed by atoms with Crippen LogP contribution in [-0.2, 0) is 11.3 Å². The largest absolute Gasteiger partial charge is 0.360 e. The molecule has 2 aromatic rings. The molecular weight excluding hydrogens is 300 g/mol. The van der Waals surface area contributed by atoms with Crippen LogP contribution in [0.2, 0.25) is 0 Å². The van der Waals surface area contributed by atoms with Crippen LogP contribution in [0.5, 0.6) is 0 Å². The summed E-state index contributed by atoms with van der Waals surface area (Å²) >= 11 is 0. The number of aromatic nitrogens is 1. The Kier molecular flexibility index (Phi) is 6.09. The number of hydrogen-bond donors (Lipinski definition) is 2. The van der Waals surface area contributed by atoms with Crippen molar-refractivity contribution in [2.75, 3.05) is 5.32 Å². The van der Waals surface area contributed by atoms with Crippen molar-refractivity contribution in [3.05, 3.63) is 71.7 Å². The zero-order chi connectivity index (χ0) is 17.4. The summed E-state index contributed by atoms with van der Waals surface area (Å²) in [5, 5.41) is 14.8. The maximum absolute atomic E-state index is 12.0. The molecule has 1 heterocycles. The second-order valence-electron chi connectivity index (χ2n) is 5.63. The van der Waals surface area contributed by atoms with E-state index in [-0.39, 0.29) is 5.57 Å². The SMILES string of the molecule is CC(C)c1ccc(N/C=C(/C#N)C(=O)NCc2cccnc2)cc1. The molecule has 2 N–H and O–H groups in total. The van der Waals surface area contributed by atoms with E-state index < -0.39 is 5.91 Å². The van der Waals surface area contributed by atoms with Gasteiger partial charge in [0.05, 0.1) is 0 Å². The van der Waals surface area contributed by atoms with E-state index in [1.54, 1.807) is 18.5 Å². The molecule has 0 spiro atoms. The summed E-state index contributed by atoms with van der Waals surface area (Å²) in [6, 6.07) is 13.5. The van der Waals surface area contributed by atoms with E-state index in [0.717, 1.165) is 11.3 Å². The van der Waals surface area contributed by atoms with E-state index in [1.165, 1.54) is 11.8 Å². The van der Waals surface area contributed by atoms with Gasteiger partial charge in [0.15, 0.2) is 0 Å². The Morgan fingerprint density at radius 3 is 2.62 bits per heavy atom. The summed E-state index contributed by atoms with van der Waals surface area (Å²) in [6.45, 7) is 4.58. The Morgan fingerprint density at radius 2 is 2.04 bits per heavy atom. The number of nitrogens with zero attached hydrogens (tertiary/aromatic N) is 2. The lowest BCUT2D eigenvalue weighted by Gasteiger charge is -2.07. The molecule has 1 aromatic carbocycles. The third-order valence-electron chi connectivity index (χ3n) is 3.50. The zero-order valence-electron chi connectivity index (χ0n) is 13.8. The van der Waals surface area contributed by atoms with E-state index >= 15 is 0 Å². The van der Waals surface area contributed by atoms with E-state index in [0.29, 0.717) is 12.5 Å². The van der Waals surface area contributed by atoms with Crippen LogP contribution < -0.4 is 10.6 Å². The highest BCUT2D eigenvalue weighted by molar-refractivity contribution is 5.97. The average Bonchev–Trinajstić information content (AvgIpc) is 2.61. The highest BCUT2D eigenvalue weighted by atomic mass is 16.1. The van der Waals surface area contributed by atoms with Crippen molar-refractivity contribution in [1.29, 1.82) is 5.26 Å². The lowest BCUT2D eigenvalue weighted by Crippen LogP contribution is -2.24. The molecule has 0 aliphatic heterocycles. The predicted molar refractivity (Wildman–Crippen MR) is 93.9 cm³/mol. The fourth-order valence-corrected chi connectivity index (χ4v) is 2.05. The molecule has 0 radical (unpaired) electrons. The monoisotopic (exact) mass is 320 g/mol. The number of carbonyl (C=O) groups is 1. The molecule has 1 aromatic heterocycles. The van der Waals surface area contributed by atoms with Gasteiger partial charge in [0, 0.05) is 30.8 Å². The molecule has 0 atom stereocenters. The third-order valence-corrected chi connectivity index (χ3v) is 3.50. The molecule has 5 nitrogen and oxygen atoms in total. The molecule has 0 fully saturated rings.